The summed E-state index contributed by atoms with van der Waals surface area (Å²) >= 11 is 1.37. The largest absolute Gasteiger partial charge is 0.466 e. The van der Waals surface area contributed by atoms with Crippen LogP contribution in [0, 0.1) is 13.8 Å². The van der Waals surface area contributed by atoms with Crippen LogP contribution in [-0.4, -0.2) is 23.3 Å². The fourth-order valence-electron chi connectivity index (χ4n) is 1.95. The molecule has 7 heteroatoms. The number of carbonyl (C=O) groups is 2. The van der Waals surface area contributed by atoms with Crippen LogP contribution in [-0.2, 0) is 10.2 Å². The van der Waals surface area contributed by atoms with Crippen LogP contribution in [0.25, 0.3) is 0 Å². The van der Waals surface area contributed by atoms with Gasteiger partial charge in [-0.15, -0.1) is 11.3 Å². The summed E-state index contributed by atoms with van der Waals surface area (Å²) in [6.45, 7) is 9.54. The Kier molecular flexibility index (Phi) is 4.89. The van der Waals surface area contributed by atoms with Crippen LogP contribution in [0.1, 0.15) is 48.3 Å². The number of aryl methyl sites for hydroxylation is 2. The minimum atomic E-state index is -0.330. The molecule has 2 N–H and O–H groups in total. The van der Waals surface area contributed by atoms with E-state index in [1.54, 1.807) is 19.9 Å². The zero-order chi connectivity index (χ0) is 17.2. The van der Waals surface area contributed by atoms with Crippen molar-refractivity contribution in [3.8, 4) is 0 Å². The molecular weight excluding hydrogens is 314 g/mol. The number of carbonyl (C=O) groups excluding carboxylic acids is 2. The second kappa shape index (κ2) is 6.54. The van der Waals surface area contributed by atoms with E-state index in [4.69, 9.17) is 4.42 Å². The molecule has 0 aliphatic heterocycles. The number of hydrogen-bond acceptors (Lipinski definition) is 5. The molecule has 0 unspecified atom stereocenters. The fraction of sp³-hybridized carbons (Fsp3) is 0.438. The maximum absolute atomic E-state index is 12.0. The Morgan fingerprint density at radius 3 is 2.52 bits per heavy atom. The summed E-state index contributed by atoms with van der Waals surface area (Å²) in [5, 5.41) is 7.72. The molecular formula is C16H21N3O3S. The Balaban J connectivity index is 1.89. The predicted octanol–water partition coefficient (Wildman–Crippen LogP) is 3.02. The fourth-order valence-corrected chi connectivity index (χ4v) is 2.90. The highest BCUT2D eigenvalue weighted by Crippen LogP contribution is 2.26. The first-order valence-corrected chi connectivity index (χ1v) is 8.16. The quantitative estimate of drug-likeness (QED) is 0.899. The lowest BCUT2D eigenvalue weighted by Gasteiger charge is -2.14. The van der Waals surface area contributed by atoms with Crippen molar-refractivity contribution in [2.45, 2.75) is 40.0 Å². The molecule has 0 saturated heterocycles. The Hall–Kier alpha value is -2.15. The third-order valence-electron chi connectivity index (χ3n) is 3.21. The van der Waals surface area contributed by atoms with Crippen LogP contribution in [0.2, 0.25) is 0 Å². The topological polar surface area (TPSA) is 84.2 Å². The van der Waals surface area contributed by atoms with Gasteiger partial charge < -0.3 is 15.1 Å². The monoisotopic (exact) mass is 335 g/mol. The number of anilines is 1. The average molecular weight is 335 g/mol. The van der Waals surface area contributed by atoms with Gasteiger partial charge in [0, 0.05) is 10.8 Å². The molecule has 0 saturated carbocycles. The highest BCUT2D eigenvalue weighted by molar-refractivity contribution is 7.13. The van der Waals surface area contributed by atoms with E-state index >= 15 is 0 Å². The van der Waals surface area contributed by atoms with Crippen LogP contribution in [0.4, 0.5) is 5.13 Å². The van der Waals surface area contributed by atoms with Crippen LogP contribution >= 0.6 is 11.3 Å². The number of nitrogens with zero attached hydrogens (tertiary/aromatic N) is 1. The molecule has 2 aromatic heterocycles. The molecule has 0 radical (unpaired) electrons. The second-order valence-electron chi connectivity index (χ2n) is 6.35. The van der Waals surface area contributed by atoms with Gasteiger partial charge in [-0.3, -0.25) is 9.59 Å². The maximum atomic E-state index is 12.0. The molecule has 124 valence electrons. The normalized spacial score (nSPS) is 11.3. The molecule has 0 bridgehead atoms. The summed E-state index contributed by atoms with van der Waals surface area (Å²) in [5.41, 5.74) is 1.30. The number of thiazole rings is 1. The highest BCUT2D eigenvalue weighted by Gasteiger charge is 2.18. The van der Waals surface area contributed by atoms with Crippen LogP contribution in [0.15, 0.2) is 15.9 Å². The minimum absolute atomic E-state index is 0.0651. The van der Waals surface area contributed by atoms with Crippen LogP contribution in [0.5, 0.6) is 0 Å². The van der Waals surface area contributed by atoms with Gasteiger partial charge >= 0.3 is 0 Å². The van der Waals surface area contributed by atoms with E-state index in [0.29, 0.717) is 22.2 Å². The van der Waals surface area contributed by atoms with Gasteiger partial charge in [0.05, 0.1) is 17.8 Å². The van der Waals surface area contributed by atoms with E-state index in [2.05, 4.69) is 36.4 Å². The second-order valence-corrected chi connectivity index (χ2v) is 7.20. The summed E-state index contributed by atoms with van der Waals surface area (Å²) in [6, 6.07) is 1.65. The molecule has 0 aromatic carbocycles. The van der Waals surface area contributed by atoms with E-state index in [9.17, 15) is 9.59 Å². The van der Waals surface area contributed by atoms with E-state index in [1.807, 2.05) is 5.38 Å². The van der Waals surface area contributed by atoms with E-state index < -0.39 is 0 Å². The van der Waals surface area contributed by atoms with Gasteiger partial charge in [0.1, 0.15) is 11.5 Å². The SMILES string of the molecule is Cc1cc(C(=O)NCC(=O)Nc2nc(C(C)(C)C)cs2)c(C)o1. The van der Waals surface area contributed by atoms with Gasteiger partial charge in [0.25, 0.3) is 5.91 Å². The standard InChI is InChI=1S/C16H21N3O3S/c1-9-6-11(10(2)22-9)14(21)17-7-13(20)19-15-18-12(8-23-15)16(3,4)5/h6,8H,7H2,1-5H3,(H,17,21)(H,18,19,20). The molecule has 6 nitrogen and oxygen atoms in total. The Morgan fingerprint density at radius 1 is 1.30 bits per heavy atom. The molecule has 0 fully saturated rings. The molecule has 2 amide bonds. The first-order chi connectivity index (χ1) is 10.7. The molecule has 23 heavy (non-hydrogen) atoms. The van der Waals surface area contributed by atoms with Crippen molar-refractivity contribution < 1.29 is 14.0 Å². The van der Waals surface area contributed by atoms with Crippen molar-refractivity contribution in [3.05, 3.63) is 34.2 Å². The lowest BCUT2D eigenvalue weighted by atomic mass is 9.93. The first-order valence-electron chi connectivity index (χ1n) is 7.28. The van der Waals surface area contributed by atoms with Gasteiger partial charge in [-0.1, -0.05) is 20.8 Å². The Labute approximate surface area is 139 Å². The summed E-state index contributed by atoms with van der Waals surface area (Å²) in [7, 11) is 0. The number of nitrogens with one attached hydrogen (secondary N) is 2. The van der Waals surface area contributed by atoms with Crippen molar-refractivity contribution >= 4 is 28.3 Å². The third-order valence-corrected chi connectivity index (χ3v) is 3.97. The molecule has 0 spiro atoms. The van der Waals surface area contributed by atoms with Gasteiger partial charge in [-0.2, -0.15) is 0 Å². The van der Waals surface area contributed by atoms with Crippen molar-refractivity contribution in [2.75, 3.05) is 11.9 Å². The van der Waals surface area contributed by atoms with Gasteiger partial charge in [-0.25, -0.2) is 4.98 Å². The van der Waals surface area contributed by atoms with E-state index in [-0.39, 0.29) is 23.8 Å². The molecule has 0 aliphatic carbocycles. The summed E-state index contributed by atoms with van der Waals surface area (Å²) < 4.78 is 5.30. The number of amides is 2. The minimum Gasteiger partial charge on any atom is -0.466 e. The Morgan fingerprint density at radius 2 is 2.00 bits per heavy atom. The predicted molar refractivity (Wildman–Crippen MR) is 90.0 cm³/mol. The van der Waals surface area contributed by atoms with Gasteiger partial charge in [0.2, 0.25) is 5.91 Å². The molecule has 0 atom stereocenters. The summed E-state index contributed by atoms with van der Waals surface area (Å²) in [6.07, 6.45) is 0. The van der Waals surface area contributed by atoms with Crippen molar-refractivity contribution in [2.24, 2.45) is 0 Å². The molecule has 2 rings (SSSR count). The number of rotatable bonds is 4. The average Bonchev–Trinajstić information content (AvgIpc) is 3.02. The van der Waals surface area contributed by atoms with Gasteiger partial charge in [-0.05, 0) is 19.9 Å². The number of hydrogen-bond donors (Lipinski definition) is 2. The van der Waals surface area contributed by atoms with Crippen molar-refractivity contribution in [1.82, 2.24) is 10.3 Å². The zero-order valence-corrected chi connectivity index (χ0v) is 14.8. The lowest BCUT2D eigenvalue weighted by Crippen LogP contribution is -2.33. The number of furan rings is 1. The molecule has 0 aliphatic rings. The lowest BCUT2D eigenvalue weighted by molar-refractivity contribution is -0.115. The summed E-state index contributed by atoms with van der Waals surface area (Å²) in [4.78, 5) is 28.3. The first kappa shape index (κ1) is 17.2. The smallest absolute Gasteiger partial charge is 0.255 e. The van der Waals surface area contributed by atoms with E-state index in [1.165, 1.54) is 11.3 Å². The Bertz CT molecular complexity index is 725. The number of aromatic nitrogens is 1. The van der Waals surface area contributed by atoms with Crippen LogP contribution in [0.3, 0.4) is 0 Å². The third kappa shape index (κ3) is 4.41. The van der Waals surface area contributed by atoms with Gasteiger partial charge in [0.15, 0.2) is 5.13 Å². The molecule has 2 aromatic rings. The van der Waals surface area contributed by atoms with Crippen LogP contribution < -0.4 is 10.6 Å². The molecule has 2 heterocycles. The van der Waals surface area contributed by atoms with Crippen molar-refractivity contribution in [3.63, 3.8) is 0 Å². The highest BCUT2D eigenvalue weighted by atomic mass is 32.1. The summed E-state index contributed by atoms with van der Waals surface area (Å²) in [5.74, 6) is 0.555. The maximum Gasteiger partial charge on any atom is 0.255 e. The van der Waals surface area contributed by atoms with Crippen molar-refractivity contribution in [1.29, 1.82) is 0 Å². The van der Waals surface area contributed by atoms with E-state index in [0.717, 1.165) is 5.69 Å². The zero-order valence-electron chi connectivity index (χ0n) is 13.9.